The van der Waals surface area contributed by atoms with Crippen molar-refractivity contribution in [3.63, 3.8) is 0 Å². The third kappa shape index (κ3) is 4.47. The summed E-state index contributed by atoms with van der Waals surface area (Å²) in [5.74, 6) is 0.695. The molecule has 0 N–H and O–H groups in total. The van der Waals surface area contributed by atoms with Crippen LogP contribution in [-0.2, 0) is 0 Å². The van der Waals surface area contributed by atoms with Crippen molar-refractivity contribution in [1.82, 2.24) is 19.9 Å². The van der Waals surface area contributed by atoms with Gasteiger partial charge in [0.1, 0.15) is 0 Å². The molecular weight excluding hydrogens is 560 g/mol. The molecule has 3 heterocycles. The number of fused-ring (bicyclic) bond motifs is 6. The number of aromatic nitrogens is 4. The van der Waals surface area contributed by atoms with Gasteiger partial charge in [0.2, 0.25) is 0 Å². The molecule has 0 aliphatic carbocycles. The molecule has 3 aromatic heterocycles. The maximum absolute atomic E-state index is 5.24. The third-order valence-corrected chi connectivity index (χ3v) is 8.74. The minimum absolute atomic E-state index is 0.695. The van der Waals surface area contributed by atoms with E-state index in [9.17, 15) is 0 Å². The van der Waals surface area contributed by atoms with E-state index in [0.29, 0.717) is 5.82 Å². The van der Waals surface area contributed by atoms with Crippen LogP contribution in [0.4, 0.5) is 0 Å². The second kappa shape index (κ2) is 10.7. The van der Waals surface area contributed by atoms with Crippen LogP contribution in [0.15, 0.2) is 158 Å². The Morgan fingerprint density at radius 2 is 0.891 bits per heavy atom. The molecule has 0 spiro atoms. The molecule has 0 fully saturated rings. The Balaban J connectivity index is 1.17. The lowest BCUT2D eigenvalue weighted by Crippen LogP contribution is -1.92. The molecule has 0 aliphatic heterocycles. The minimum atomic E-state index is 0.695. The summed E-state index contributed by atoms with van der Waals surface area (Å²) in [7, 11) is 0. The molecule has 0 radical (unpaired) electrons. The maximum atomic E-state index is 5.24. The molecule has 214 valence electrons. The van der Waals surface area contributed by atoms with Gasteiger partial charge < -0.3 is 0 Å². The summed E-state index contributed by atoms with van der Waals surface area (Å²) in [4.78, 5) is 19.3. The first-order valence-corrected chi connectivity index (χ1v) is 15.4. The Kier molecular flexibility index (Phi) is 6.10. The Hall–Kier alpha value is -6.26. The van der Waals surface area contributed by atoms with Gasteiger partial charge >= 0.3 is 0 Å². The predicted molar refractivity (Wildman–Crippen MR) is 189 cm³/mol. The minimum Gasteiger partial charge on any atom is -0.245 e. The molecule has 0 bridgehead atoms. The highest BCUT2D eigenvalue weighted by atomic mass is 14.9. The van der Waals surface area contributed by atoms with E-state index in [0.717, 1.165) is 49.9 Å². The number of pyridine rings is 2. The van der Waals surface area contributed by atoms with Gasteiger partial charge in [0.15, 0.2) is 5.82 Å². The number of hydrogen-bond acceptors (Lipinski definition) is 4. The van der Waals surface area contributed by atoms with Gasteiger partial charge in [-0.1, -0.05) is 109 Å². The van der Waals surface area contributed by atoms with Crippen LogP contribution in [-0.4, -0.2) is 19.9 Å². The van der Waals surface area contributed by atoms with Crippen LogP contribution in [0.1, 0.15) is 0 Å². The number of hydrogen-bond donors (Lipinski definition) is 0. The highest BCUT2D eigenvalue weighted by Crippen LogP contribution is 2.37. The normalized spacial score (nSPS) is 11.5. The van der Waals surface area contributed by atoms with Crippen molar-refractivity contribution < 1.29 is 0 Å². The van der Waals surface area contributed by atoms with Gasteiger partial charge in [0, 0.05) is 39.9 Å². The summed E-state index contributed by atoms with van der Waals surface area (Å²) in [6, 6.07) is 51.1. The molecule has 0 saturated carbocycles. The van der Waals surface area contributed by atoms with Gasteiger partial charge in [-0.2, -0.15) is 0 Å². The van der Waals surface area contributed by atoms with Crippen molar-refractivity contribution in [2.75, 3.05) is 0 Å². The molecule has 4 heteroatoms. The van der Waals surface area contributed by atoms with E-state index in [-0.39, 0.29) is 0 Å². The van der Waals surface area contributed by atoms with E-state index in [2.05, 4.69) is 137 Å². The molecule has 0 atom stereocenters. The van der Waals surface area contributed by atoms with Crippen LogP contribution in [0.5, 0.6) is 0 Å². The summed E-state index contributed by atoms with van der Waals surface area (Å²) in [6.45, 7) is 0. The smallest absolute Gasteiger partial charge is 0.159 e. The molecule has 0 unspecified atom stereocenters. The summed E-state index contributed by atoms with van der Waals surface area (Å²) in [6.07, 6.45) is 3.52. The van der Waals surface area contributed by atoms with Gasteiger partial charge in [-0.25, -0.2) is 19.9 Å². The summed E-state index contributed by atoms with van der Waals surface area (Å²) < 4.78 is 0. The van der Waals surface area contributed by atoms with E-state index in [1.807, 2.05) is 18.2 Å². The Morgan fingerprint density at radius 1 is 0.348 bits per heavy atom. The quantitative estimate of drug-likeness (QED) is 0.193. The average Bonchev–Trinajstić information content (AvgIpc) is 3.14. The Labute approximate surface area is 265 Å². The maximum Gasteiger partial charge on any atom is 0.159 e. The lowest BCUT2D eigenvalue weighted by molar-refractivity contribution is 1.18. The molecule has 9 rings (SSSR count). The van der Waals surface area contributed by atoms with E-state index >= 15 is 0 Å². The van der Waals surface area contributed by atoms with Crippen molar-refractivity contribution in [3.8, 4) is 45.0 Å². The van der Waals surface area contributed by atoms with Crippen molar-refractivity contribution in [2.45, 2.75) is 0 Å². The van der Waals surface area contributed by atoms with Crippen LogP contribution in [0, 0.1) is 0 Å². The number of benzene rings is 6. The molecular formula is C42H26N4. The van der Waals surface area contributed by atoms with Crippen molar-refractivity contribution >= 4 is 43.4 Å². The fourth-order valence-corrected chi connectivity index (χ4v) is 6.49. The Bertz CT molecular complexity index is 2590. The van der Waals surface area contributed by atoms with E-state index in [1.165, 1.54) is 32.7 Å². The van der Waals surface area contributed by atoms with Crippen LogP contribution in [0.3, 0.4) is 0 Å². The second-order valence-electron chi connectivity index (χ2n) is 11.5. The summed E-state index contributed by atoms with van der Waals surface area (Å²) in [5.41, 5.74) is 9.00. The molecule has 0 saturated heterocycles. The molecule has 0 aliphatic rings. The highest BCUT2D eigenvalue weighted by molar-refractivity contribution is 6.14. The zero-order valence-electron chi connectivity index (χ0n) is 24.8. The Morgan fingerprint density at radius 3 is 1.59 bits per heavy atom. The van der Waals surface area contributed by atoms with Crippen LogP contribution in [0.2, 0.25) is 0 Å². The third-order valence-electron chi connectivity index (χ3n) is 8.74. The molecule has 6 aromatic carbocycles. The zero-order valence-corrected chi connectivity index (χ0v) is 24.8. The van der Waals surface area contributed by atoms with Gasteiger partial charge in [0.25, 0.3) is 0 Å². The summed E-state index contributed by atoms with van der Waals surface area (Å²) >= 11 is 0. The van der Waals surface area contributed by atoms with Crippen LogP contribution < -0.4 is 0 Å². The van der Waals surface area contributed by atoms with Gasteiger partial charge in [-0.3, -0.25) is 0 Å². The lowest BCUT2D eigenvalue weighted by Gasteiger charge is -2.12. The number of rotatable bonds is 4. The fraction of sp³-hybridized carbons (Fsp3) is 0. The SMILES string of the molecule is c1cnc(-c2cccc(-c3ccc4ccc5ccc(-c6cccc(-c7cc8ccccc8c8ccccc78)c6)nc5c4n3)c2)nc1. The first-order valence-electron chi connectivity index (χ1n) is 15.4. The largest absolute Gasteiger partial charge is 0.245 e. The lowest BCUT2D eigenvalue weighted by atomic mass is 9.92. The van der Waals surface area contributed by atoms with Crippen LogP contribution >= 0.6 is 0 Å². The van der Waals surface area contributed by atoms with Gasteiger partial charge in [-0.15, -0.1) is 0 Å². The van der Waals surface area contributed by atoms with Gasteiger partial charge in [-0.05, 0) is 69.1 Å². The molecule has 9 aromatic rings. The highest BCUT2D eigenvalue weighted by Gasteiger charge is 2.12. The summed E-state index contributed by atoms with van der Waals surface area (Å²) in [5, 5.41) is 7.13. The van der Waals surface area contributed by atoms with Crippen molar-refractivity contribution in [1.29, 1.82) is 0 Å². The zero-order chi connectivity index (χ0) is 30.5. The standard InChI is InChI=1S/C42H26N4/c1-2-13-34-30(8-1)26-37(36-15-4-3-14-35(34)36)29-9-5-10-31(24-29)38-20-18-27-16-17-28-19-21-39(46-41(28)40(27)45-38)32-11-6-12-33(25-32)42-43-22-7-23-44-42/h1-26H. The number of nitrogens with zero attached hydrogens (tertiary/aromatic N) is 4. The predicted octanol–water partition coefficient (Wildman–Crippen LogP) is 10.5. The van der Waals surface area contributed by atoms with Crippen molar-refractivity contribution in [3.05, 3.63) is 158 Å². The average molecular weight is 587 g/mol. The molecule has 4 nitrogen and oxygen atoms in total. The second-order valence-corrected chi connectivity index (χ2v) is 11.5. The fourth-order valence-electron chi connectivity index (χ4n) is 6.49. The molecule has 46 heavy (non-hydrogen) atoms. The first-order chi connectivity index (χ1) is 22.8. The van der Waals surface area contributed by atoms with Crippen LogP contribution in [0.25, 0.3) is 88.4 Å². The van der Waals surface area contributed by atoms with E-state index in [1.54, 1.807) is 12.4 Å². The molecule has 0 amide bonds. The first kappa shape index (κ1) is 26.2. The van der Waals surface area contributed by atoms with Gasteiger partial charge in [0.05, 0.1) is 22.4 Å². The topological polar surface area (TPSA) is 51.6 Å². The monoisotopic (exact) mass is 586 g/mol. The van der Waals surface area contributed by atoms with E-state index < -0.39 is 0 Å². The van der Waals surface area contributed by atoms with E-state index in [4.69, 9.17) is 9.97 Å². The van der Waals surface area contributed by atoms with Crippen molar-refractivity contribution in [2.24, 2.45) is 0 Å².